The van der Waals surface area contributed by atoms with E-state index in [1.54, 1.807) is 0 Å². The Bertz CT molecular complexity index is 177. The highest BCUT2D eigenvalue weighted by Crippen LogP contribution is 2.09. The first-order valence-electron chi connectivity index (χ1n) is 6.17. The fourth-order valence-electron chi connectivity index (χ4n) is 1.63. The van der Waals surface area contributed by atoms with Gasteiger partial charge in [-0.1, -0.05) is 52.5 Å². The molecule has 15 heavy (non-hydrogen) atoms. The fraction of sp³-hybridized carbons (Fsp3) is 0.769. The number of nitrogens with one attached hydrogen (secondary N) is 1. The predicted octanol–water partition coefficient (Wildman–Crippen LogP) is 3.43. The summed E-state index contributed by atoms with van der Waals surface area (Å²) in [5, 5.41) is 2.95. The van der Waals surface area contributed by atoms with Crippen LogP contribution >= 0.6 is 0 Å². The van der Waals surface area contributed by atoms with Gasteiger partial charge in [-0.05, 0) is 18.9 Å². The smallest absolute Gasteiger partial charge is 0.243 e. The van der Waals surface area contributed by atoms with Gasteiger partial charge in [0.05, 0.1) is 0 Å². The van der Waals surface area contributed by atoms with Crippen LogP contribution in [0.15, 0.2) is 12.7 Å². The lowest BCUT2D eigenvalue weighted by Crippen LogP contribution is -2.32. The first kappa shape index (κ1) is 14.2. The third kappa shape index (κ3) is 8.22. The number of rotatable bonds is 9. The molecule has 0 saturated heterocycles. The van der Waals surface area contributed by atoms with E-state index in [1.165, 1.54) is 38.2 Å². The van der Waals surface area contributed by atoms with Crippen LogP contribution in [-0.4, -0.2) is 11.9 Å². The van der Waals surface area contributed by atoms with Gasteiger partial charge in [-0.25, -0.2) is 0 Å². The topological polar surface area (TPSA) is 29.1 Å². The number of carbonyl (C=O) groups excluding carboxylic acids is 1. The molecule has 1 atom stereocenters. The summed E-state index contributed by atoms with van der Waals surface area (Å²) in [7, 11) is 0. The zero-order valence-electron chi connectivity index (χ0n) is 10.2. The lowest BCUT2D eigenvalue weighted by atomic mass is 10.0. The number of unbranched alkanes of at least 4 members (excludes halogenated alkanes) is 4. The van der Waals surface area contributed by atoms with E-state index in [4.69, 9.17) is 0 Å². The van der Waals surface area contributed by atoms with E-state index in [1.807, 2.05) is 0 Å². The zero-order valence-corrected chi connectivity index (χ0v) is 10.2. The van der Waals surface area contributed by atoms with Crippen LogP contribution in [0, 0.1) is 0 Å². The van der Waals surface area contributed by atoms with Crippen molar-refractivity contribution in [2.45, 2.75) is 64.8 Å². The third-order valence-electron chi connectivity index (χ3n) is 2.68. The summed E-state index contributed by atoms with van der Waals surface area (Å²) in [6.07, 6.45) is 9.89. The zero-order chi connectivity index (χ0) is 11.5. The Morgan fingerprint density at radius 1 is 1.27 bits per heavy atom. The largest absolute Gasteiger partial charge is 0.350 e. The van der Waals surface area contributed by atoms with Gasteiger partial charge in [0.1, 0.15) is 0 Å². The van der Waals surface area contributed by atoms with E-state index < -0.39 is 0 Å². The third-order valence-corrected chi connectivity index (χ3v) is 2.68. The van der Waals surface area contributed by atoms with Gasteiger partial charge in [0.2, 0.25) is 5.91 Å². The van der Waals surface area contributed by atoms with Crippen molar-refractivity contribution in [1.82, 2.24) is 5.32 Å². The standard InChI is InChI=1S/C13H25NO/c1-4-7-8-9-10-11-12(5-2)14-13(15)6-3/h6,12H,3-5,7-11H2,1-2H3,(H,14,15). The van der Waals surface area contributed by atoms with Crippen molar-refractivity contribution in [3.05, 3.63) is 12.7 Å². The van der Waals surface area contributed by atoms with Crippen LogP contribution in [0.4, 0.5) is 0 Å². The molecule has 2 nitrogen and oxygen atoms in total. The fourth-order valence-corrected chi connectivity index (χ4v) is 1.63. The molecule has 0 aromatic heterocycles. The van der Waals surface area contributed by atoms with E-state index in [-0.39, 0.29) is 5.91 Å². The summed E-state index contributed by atoms with van der Waals surface area (Å²) in [5.74, 6) is -0.0459. The van der Waals surface area contributed by atoms with Crippen LogP contribution in [0.3, 0.4) is 0 Å². The van der Waals surface area contributed by atoms with E-state index in [0.29, 0.717) is 6.04 Å². The molecule has 0 radical (unpaired) electrons. The Morgan fingerprint density at radius 3 is 2.47 bits per heavy atom. The van der Waals surface area contributed by atoms with Crippen LogP contribution in [0.1, 0.15) is 58.8 Å². The highest BCUT2D eigenvalue weighted by atomic mass is 16.1. The molecule has 0 rings (SSSR count). The molecule has 0 bridgehead atoms. The molecule has 0 aliphatic heterocycles. The minimum atomic E-state index is -0.0459. The van der Waals surface area contributed by atoms with E-state index >= 15 is 0 Å². The summed E-state index contributed by atoms with van der Waals surface area (Å²) in [6, 6.07) is 0.331. The molecule has 0 aromatic carbocycles. The van der Waals surface area contributed by atoms with Crippen LogP contribution in [0.5, 0.6) is 0 Å². The highest BCUT2D eigenvalue weighted by molar-refractivity contribution is 5.87. The summed E-state index contributed by atoms with van der Waals surface area (Å²) in [6.45, 7) is 7.79. The van der Waals surface area contributed by atoms with Crippen molar-refractivity contribution in [3.8, 4) is 0 Å². The van der Waals surface area contributed by atoms with E-state index in [0.717, 1.165) is 12.8 Å². The van der Waals surface area contributed by atoms with Gasteiger partial charge in [0, 0.05) is 6.04 Å². The van der Waals surface area contributed by atoms with Crippen molar-refractivity contribution in [1.29, 1.82) is 0 Å². The molecule has 0 aromatic rings. The molecule has 0 aliphatic carbocycles. The molecule has 1 amide bonds. The molecule has 0 fully saturated rings. The molecular weight excluding hydrogens is 186 g/mol. The summed E-state index contributed by atoms with van der Waals surface area (Å²) in [4.78, 5) is 11.1. The molecule has 88 valence electrons. The second-order valence-corrected chi connectivity index (χ2v) is 4.02. The highest BCUT2D eigenvalue weighted by Gasteiger charge is 2.06. The monoisotopic (exact) mass is 211 g/mol. The number of amides is 1. The maximum atomic E-state index is 11.1. The van der Waals surface area contributed by atoms with E-state index in [2.05, 4.69) is 25.7 Å². The first-order chi connectivity index (χ1) is 7.24. The average Bonchev–Trinajstić information content (AvgIpc) is 2.26. The molecule has 0 saturated carbocycles. The predicted molar refractivity (Wildman–Crippen MR) is 65.8 cm³/mol. The van der Waals surface area contributed by atoms with Crippen LogP contribution < -0.4 is 5.32 Å². The number of hydrogen-bond donors (Lipinski definition) is 1. The second kappa shape index (κ2) is 9.75. The van der Waals surface area contributed by atoms with Gasteiger partial charge in [0.15, 0.2) is 0 Å². The van der Waals surface area contributed by atoms with Gasteiger partial charge in [-0.15, -0.1) is 0 Å². The molecule has 2 heteroatoms. The molecule has 0 spiro atoms. The summed E-state index contributed by atoms with van der Waals surface area (Å²) in [5.41, 5.74) is 0. The van der Waals surface area contributed by atoms with Gasteiger partial charge in [-0.2, -0.15) is 0 Å². The van der Waals surface area contributed by atoms with Crippen LogP contribution in [0.25, 0.3) is 0 Å². The van der Waals surface area contributed by atoms with Gasteiger partial charge < -0.3 is 5.32 Å². The van der Waals surface area contributed by atoms with Crippen molar-refractivity contribution in [2.75, 3.05) is 0 Å². The Hall–Kier alpha value is -0.790. The lowest BCUT2D eigenvalue weighted by Gasteiger charge is -2.15. The normalized spacial score (nSPS) is 12.1. The number of carbonyl (C=O) groups is 1. The van der Waals surface area contributed by atoms with Crippen molar-refractivity contribution in [2.24, 2.45) is 0 Å². The second-order valence-electron chi connectivity index (χ2n) is 4.02. The first-order valence-corrected chi connectivity index (χ1v) is 6.17. The van der Waals surface area contributed by atoms with E-state index in [9.17, 15) is 4.79 Å². The quantitative estimate of drug-likeness (QED) is 0.459. The van der Waals surface area contributed by atoms with Crippen molar-refractivity contribution >= 4 is 5.91 Å². The van der Waals surface area contributed by atoms with Gasteiger partial charge in [0.25, 0.3) is 0 Å². The minimum Gasteiger partial charge on any atom is -0.350 e. The Kier molecular flexibility index (Phi) is 9.24. The lowest BCUT2D eigenvalue weighted by molar-refractivity contribution is -0.117. The Labute approximate surface area is 94.1 Å². The Morgan fingerprint density at radius 2 is 1.93 bits per heavy atom. The number of hydrogen-bond acceptors (Lipinski definition) is 1. The summed E-state index contributed by atoms with van der Waals surface area (Å²) < 4.78 is 0. The van der Waals surface area contributed by atoms with Crippen molar-refractivity contribution in [3.63, 3.8) is 0 Å². The average molecular weight is 211 g/mol. The van der Waals surface area contributed by atoms with Crippen LogP contribution in [0.2, 0.25) is 0 Å². The SMILES string of the molecule is C=CC(=O)NC(CC)CCCCCCC. The summed E-state index contributed by atoms with van der Waals surface area (Å²) >= 11 is 0. The molecular formula is C13H25NO. The van der Waals surface area contributed by atoms with Crippen molar-refractivity contribution < 1.29 is 4.79 Å². The maximum Gasteiger partial charge on any atom is 0.243 e. The molecule has 0 heterocycles. The van der Waals surface area contributed by atoms with Gasteiger partial charge in [-0.3, -0.25) is 4.79 Å². The van der Waals surface area contributed by atoms with Crippen LogP contribution in [-0.2, 0) is 4.79 Å². The van der Waals surface area contributed by atoms with Gasteiger partial charge >= 0.3 is 0 Å². The molecule has 1 unspecified atom stereocenters. The minimum absolute atomic E-state index is 0.0459. The molecule has 1 N–H and O–H groups in total. The molecule has 0 aliphatic rings. The maximum absolute atomic E-state index is 11.1. The Balaban J connectivity index is 3.52.